The standard InChI is InChI=1S/C14H10N2O2/c1-18-13-2-3-14(12(5-13)9-17)11-4-10(6-15)7-16-8-11/h2-5,7-9H,1H3. The average Bonchev–Trinajstić information content (AvgIpc) is 2.46. The van der Waals surface area contributed by atoms with E-state index < -0.39 is 0 Å². The van der Waals surface area contributed by atoms with Gasteiger partial charge in [0, 0.05) is 23.5 Å². The van der Waals surface area contributed by atoms with Crippen LogP contribution in [0, 0.1) is 11.3 Å². The summed E-state index contributed by atoms with van der Waals surface area (Å²) < 4.78 is 5.07. The number of carbonyl (C=O) groups is 1. The van der Waals surface area contributed by atoms with Crippen molar-refractivity contribution >= 4 is 6.29 Å². The van der Waals surface area contributed by atoms with E-state index in [1.165, 1.54) is 6.20 Å². The Morgan fingerprint density at radius 1 is 1.33 bits per heavy atom. The maximum absolute atomic E-state index is 11.1. The van der Waals surface area contributed by atoms with Gasteiger partial charge in [-0.25, -0.2) is 0 Å². The molecule has 1 aromatic carbocycles. The summed E-state index contributed by atoms with van der Waals surface area (Å²) >= 11 is 0. The first kappa shape index (κ1) is 11.8. The van der Waals surface area contributed by atoms with Crippen molar-refractivity contribution < 1.29 is 9.53 Å². The van der Waals surface area contributed by atoms with Gasteiger partial charge in [-0.1, -0.05) is 0 Å². The first-order valence-corrected chi connectivity index (χ1v) is 5.27. The number of methoxy groups -OCH3 is 1. The van der Waals surface area contributed by atoms with Crippen molar-refractivity contribution in [2.24, 2.45) is 0 Å². The van der Waals surface area contributed by atoms with E-state index in [1.54, 1.807) is 37.6 Å². The maximum Gasteiger partial charge on any atom is 0.150 e. The van der Waals surface area contributed by atoms with E-state index in [2.05, 4.69) is 4.98 Å². The zero-order valence-corrected chi connectivity index (χ0v) is 9.75. The summed E-state index contributed by atoms with van der Waals surface area (Å²) in [6.07, 6.45) is 3.86. The third-order valence-electron chi connectivity index (χ3n) is 2.56. The molecule has 18 heavy (non-hydrogen) atoms. The van der Waals surface area contributed by atoms with Crippen LogP contribution >= 0.6 is 0 Å². The average molecular weight is 238 g/mol. The van der Waals surface area contributed by atoms with Crippen LogP contribution in [0.3, 0.4) is 0 Å². The molecule has 2 rings (SSSR count). The van der Waals surface area contributed by atoms with Crippen LogP contribution in [-0.2, 0) is 0 Å². The molecule has 4 heteroatoms. The largest absolute Gasteiger partial charge is 0.497 e. The Kier molecular flexibility index (Phi) is 3.35. The highest BCUT2D eigenvalue weighted by molar-refractivity contribution is 5.88. The number of benzene rings is 1. The van der Waals surface area contributed by atoms with Gasteiger partial charge >= 0.3 is 0 Å². The predicted octanol–water partition coefficient (Wildman–Crippen LogP) is 2.44. The van der Waals surface area contributed by atoms with Crippen LogP contribution in [-0.4, -0.2) is 18.4 Å². The van der Waals surface area contributed by atoms with Gasteiger partial charge in [-0.05, 0) is 29.8 Å². The second-order valence-electron chi connectivity index (χ2n) is 3.65. The molecule has 0 fully saturated rings. The van der Waals surface area contributed by atoms with Gasteiger partial charge in [0.2, 0.25) is 0 Å². The number of ether oxygens (including phenoxy) is 1. The van der Waals surface area contributed by atoms with Gasteiger partial charge in [0.25, 0.3) is 0 Å². The quantitative estimate of drug-likeness (QED) is 0.770. The number of pyridine rings is 1. The zero-order valence-electron chi connectivity index (χ0n) is 9.75. The lowest BCUT2D eigenvalue weighted by Gasteiger charge is -2.07. The molecule has 0 N–H and O–H groups in total. The predicted molar refractivity (Wildman–Crippen MR) is 66.3 cm³/mol. The molecule has 0 radical (unpaired) electrons. The van der Waals surface area contributed by atoms with E-state index in [0.29, 0.717) is 16.9 Å². The monoisotopic (exact) mass is 238 g/mol. The van der Waals surface area contributed by atoms with Gasteiger partial charge in [-0.2, -0.15) is 5.26 Å². The molecule has 1 heterocycles. The Bertz CT molecular complexity index is 630. The number of nitriles is 1. The fraction of sp³-hybridized carbons (Fsp3) is 0.0714. The summed E-state index contributed by atoms with van der Waals surface area (Å²) in [5.74, 6) is 0.616. The first-order chi connectivity index (χ1) is 8.78. The molecule has 4 nitrogen and oxygen atoms in total. The summed E-state index contributed by atoms with van der Waals surface area (Å²) in [5.41, 5.74) is 2.43. The number of rotatable bonds is 3. The van der Waals surface area contributed by atoms with Gasteiger partial charge in [-0.3, -0.25) is 9.78 Å². The molecule has 88 valence electrons. The van der Waals surface area contributed by atoms with Crippen molar-refractivity contribution in [1.82, 2.24) is 4.98 Å². The van der Waals surface area contributed by atoms with Crippen molar-refractivity contribution in [2.45, 2.75) is 0 Å². The molecule has 0 saturated carbocycles. The van der Waals surface area contributed by atoms with Crippen LogP contribution in [0.25, 0.3) is 11.1 Å². The third kappa shape index (κ3) is 2.20. The number of nitrogens with zero attached hydrogens (tertiary/aromatic N) is 2. The fourth-order valence-electron chi connectivity index (χ4n) is 1.68. The number of hydrogen-bond donors (Lipinski definition) is 0. The number of carbonyl (C=O) groups excluding carboxylic acids is 1. The Morgan fingerprint density at radius 2 is 2.17 bits per heavy atom. The SMILES string of the molecule is COc1ccc(-c2cncc(C#N)c2)c(C=O)c1. The summed E-state index contributed by atoms with van der Waals surface area (Å²) in [7, 11) is 1.54. The second-order valence-corrected chi connectivity index (χ2v) is 3.65. The summed E-state index contributed by atoms with van der Waals surface area (Å²) in [4.78, 5) is 15.1. The highest BCUT2D eigenvalue weighted by Crippen LogP contribution is 2.26. The molecule has 0 amide bonds. The zero-order chi connectivity index (χ0) is 13.0. The Balaban J connectivity index is 2.56. The molecule has 0 aliphatic carbocycles. The molecule has 0 atom stereocenters. The van der Waals surface area contributed by atoms with Crippen LogP contribution in [0.5, 0.6) is 5.75 Å². The van der Waals surface area contributed by atoms with E-state index in [0.717, 1.165) is 17.4 Å². The lowest BCUT2D eigenvalue weighted by molar-refractivity contribution is 0.112. The highest BCUT2D eigenvalue weighted by Gasteiger charge is 2.07. The van der Waals surface area contributed by atoms with Crippen molar-refractivity contribution in [1.29, 1.82) is 5.26 Å². The smallest absolute Gasteiger partial charge is 0.150 e. The van der Waals surface area contributed by atoms with Crippen molar-refractivity contribution in [2.75, 3.05) is 7.11 Å². The lowest BCUT2D eigenvalue weighted by Crippen LogP contribution is -1.91. The lowest BCUT2D eigenvalue weighted by atomic mass is 10.0. The molecule has 0 unspecified atom stereocenters. The molecular formula is C14H10N2O2. The minimum absolute atomic E-state index is 0.458. The molecule has 1 aromatic heterocycles. The Hall–Kier alpha value is -2.67. The van der Waals surface area contributed by atoms with E-state index in [1.807, 2.05) is 6.07 Å². The maximum atomic E-state index is 11.1. The molecule has 0 aliphatic rings. The van der Waals surface area contributed by atoms with E-state index in [9.17, 15) is 4.79 Å². The van der Waals surface area contributed by atoms with Crippen LogP contribution < -0.4 is 4.74 Å². The fourth-order valence-corrected chi connectivity index (χ4v) is 1.68. The molecule has 0 bridgehead atoms. The molecule has 0 spiro atoms. The summed E-state index contributed by atoms with van der Waals surface area (Å²) in [6, 6.07) is 8.92. The summed E-state index contributed by atoms with van der Waals surface area (Å²) in [5, 5.41) is 8.84. The van der Waals surface area contributed by atoms with Crippen LogP contribution in [0.1, 0.15) is 15.9 Å². The van der Waals surface area contributed by atoms with E-state index >= 15 is 0 Å². The van der Waals surface area contributed by atoms with Crippen molar-refractivity contribution in [3.63, 3.8) is 0 Å². The minimum atomic E-state index is 0.458. The topological polar surface area (TPSA) is 63.0 Å². The van der Waals surface area contributed by atoms with Gasteiger partial charge in [-0.15, -0.1) is 0 Å². The van der Waals surface area contributed by atoms with Crippen molar-refractivity contribution in [3.8, 4) is 22.9 Å². The van der Waals surface area contributed by atoms with Crippen molar-refractivity contribution in [3.05, 3.63) is 47.8 Å². The number of aldehydes is 1. The minimum Gasteiger partial charge on any atom is -0.497 e. The second kappa shape index (κ2) is 5.11. The normalized spacial score (nSPS) is 9.56. The van der Waals surface area contributed by atoms with Gasteiger partial charge in [0.05, 0.1) is 12.7 Å². The summed E-state index contributed by atoms with van der Waals surface area (Å²) in [6.45, 7) is 0. The number of aromatic nitrogens is 1. The Morgan fingerprint density at radius 3 is 2.83 bits per heavy atom. The van der Waals surface area contributed by atoms with Crippen LogP contribution in [0.2, 0.25) is 0 Å². The Labute approximate surface area is 104 Å². The van der Waals surface area contributed by atoms with Crippen LogP contribution in [0.4, 0.5) is 0 Å². The van der Waals surface area contributed by atoms with Gasteiger partial charge in [0.1, 0.15) is 11.8 Å². The van der Waals surface area contributed by atoms with E-state index in [-0.39, 0.29) is 0 Å². The number of hydrogen-bond acceptors (Lipinski definition) is 4. The molecule has 0 saturated heterocycles. The molecule has 0 aliphatic heterocycles. The molecular weight excluding hydrogens is 228 g/mol. The van der Waals surface area contributed by atoms with Crippen LogP contribution in [0.15, 0.2) is 36.7 Å². The first-order valence-electron chi connectivity index (χ1n) is 5.27. The third-order valence-corrected chi connectivity index (χ3v) is 2.56. The van der Waals surface area contributed by atoms with E-state index in [4.69, 9.17) is 10.00 Å². The van der Waals surface area contributed by atoms with Gasteiger partial charge in [0.15, 0.2) is 6.29 Å². The highest BCUT2D eigenvalue weighted by atomic mass is 16.5. The van der Waals surface area contributed by atoms with Gasteiger partial charge < -0.3 is 4.74 Å². The molecule has 2 aromatic rings.